The van der Waals surface area contributed by atoms with Gasteiger partial charge in [0.15, 0.2) is 11.6 Å². The van der Waals surface area contributed by atoms with E-state index in [9.17, 15) is 4.79 Å². The quantitative estimate of drug-likeness (QED) is 0.663. The summed E-state index contributed by atoms with van der Waals surface area (Å²) in [5.41, 5.74) is 0.999. The summed E-state index contributed by atoms with van der Waals surface area (Å²) < 4.78 is 9.39. The van der Waals surface area contributed by atoms with E-state index in [2.05, 4.69) is 19.4 Å². The normalized spacial score (nSPS) is 19.4. The fourth-order valence-electron chi connectivity index (χ4n) is 4.03. The first-order valence-electron chi connectivity index (χ1n) is 9.71. The van der Waals surface area contributed by atoms with Crippen LogP contribution in [0.25, 0.3) is 17.3 Å². The fourth-order valence-corrected chi connectivity index (χ4v) is 4.03. The number of rotatable bonds is 6. The van der Waals surface area contributed by atoms with Gasteiger partial charge in [-0.05, 0) is 37.1 Å². The molecule has 2 aliphatic rings. The highest BCUT2D eigenvalue weighted by Crippen LogP contribution is 2.33. The van der Waals surface area contributed by atoms with Gasteiger partial charge in [0, 0.05) is 61.9 Å². The molecule has 3 heterocycles. The van der Waals surface area contributed by atoms with Crippen LogP contribution < -0.4 is 4.74 Å². The van der Waals surface area contributed by atoms with Crippen LogP contribution in [-0.4, -0.2) is 49.6 Å². The Morgan fingerprint density at radius 1 is 1.07 bits per heavy atom. The van der Waals surface area contributed by atoms with Crippen LogP contribution in [0.1, 0.15) is 19.3 Å². The zero-order chi connectivity index (χ0) is 19.1. The van der Waals surface area contributed by atoms with Crippen LogP contribution in [0.2, 0.25) is 0 Å². The lowest BCUT2D eigenvalue weighted by molar-refractivity contribution is -0.128. The molecule has 1 atom stereocenters. The highest BCUT2D eigenvalue weighted by Gasteiger charge is 2.39. The monoisotopic (exact) mass is 377 g/mol. The van der Waals surface area contributed by atoms with E-state index in [1.54, 1.807) is 19.5 Å². The zero-order valence-electron chi connectivity index (χ0n) is 15.9. The topological polar surface area (TPSA) is 65.2 Å². The predicted molar refractivity (Wildman–Crippen MR) is 104 cm³/mol. The molecule has 0 spiro atoms. The number of ether oxygens (including phenoxy) is 1. The number of imidazole rings is 2. The molecule has 0 N–H and O–H groups in total. The number of methoxy groups -OCH3 is 1. The molecule has 1 unspecified atom stereocenters. The zero-order valence-corrected chi connectivity index (χ0v) is 15.9. The number of aromatic nitrogens is 4. The lowest BCUT2D eigenvalue weighted by Crippen LogP contribution is -2.27. The Hall–Kier alpha value is -3.09. The number of nitrogens with zero attached hydrogens (tertiary/aromatic N) is 5. The highest BCUT2D eigenvalue weighted by molar-refractivity contribution is 5.79. The smallest absolute Gasteiger partial charge is 0.223 e. The molecule has 1 amide bonds. The summed E-state index contributed by atoms with van der Waals surface area (Å²) >= 11 is 0. The molecule has 0 radical (unpaired) electrons. The second-order valence-corrected chi connectivity index (χ2v) is 7.57. The molecule has 28 heavy (non-hydrogen) atoms. The first-order valence-corrected chi connectivity index (χ1v) is 9.71. The number of hydrogen-bond acceptors (Lipinski definition) is 4. The van der Waals surface area contributed by atoms with Gasteiger partial charge in [0.25, 0.3) is 0 Å². The number of hydrogen-bond donors (Lipinski definition) is 0. The van der Waals surface area contributed by atoms with Gasteiger partial charge in [-0.1, -0.05) is 0 Å². The van der Waals surface area contributed by atoms with Crippen LogP contribution in [0.3, 0.4) is 0 Å². The third kappa shape index (κ3) is 3.06. The van der Waals surface area contributed by atoms with E-state index in [0.717, 1.165) is 49.0 Å². The van der Waals surface area contributed by atoms with Crippen molar-refractivity contribution in [2.75, 3.05) is 13.7 Å². The van der Waals surface area contributed by atoms with Crippen molar-refractivity contribution in [3.05, 3.63) is 49.1 Å². The van der Waals surface area contributed by atoms with E-state index in [-0.39, 0.29) is 0 Å². The Kier molecular flexibility index (Phi) is 4.15. The van der Waals surface area contributed by atoms with Crippen molar-refractivity contribution in [3.8, 4) is 23.1 Å². The van der Waals surface area contributed by atoms with Crippen LogP contribution in [0.4, 0.5) is 0 Å². The van der Waals surface area contributed by atoms with Gasteiger partial charge >= 0.3 is 0 Å². The van der Waals surface area contributed by atoms with Crippen LogP contribution in [0.5, 0.6) is 5.75 Å². The van der Waals surface area contributed by atoms with Crippen LogP contribution in [-0.2, 0) is 11.3 Å². The minimum absolute atomic E-state index is 0.300. The summed E-state index contributed by atoms with van der Waals surface area (Å²) in [6, 6.07) is 8.36. The Morgan fingerprint density at radius 3 is 2.57 bits per heavy atom. The highest BCUT2D eigenvalue weighted by atomic mass is 16.5. The summed E-state index contributed by atoms with van der Waals surface area (Å²) in [5, 5.41) is 0. The molecule has 1 saturated heterocycles. The Morgan fingerprint density at radius 2 is 1.82 bits per heavy atom. The van der Waals surface area contributed by atoms with E-state index in [1.165, 1.54) is 0 Å². The van der Waals surface area contributed by atoms with Gasteiger partial charge in [0.05, 0.1) is 7.11 Å². The summed E-state index contributed by atoms with van der Waals surface area (Å²) in [4.78, 5) is 23.5. The number of carbonyl (C=O) groups is 1. The van der Waals surface area contributed by atoms with Crippen molar-refractivity contribution in [2.24, 2.45) is 5.92 Å². The van der Waals surface area contributed by atoms with Gasteiger partial charge in [-0.15, -0.1) is 0 Å². The summed E-state index contributed by atoms with van der Waals surface area (Å²) in [6.07, 6.45) is 10.4. The maximum atomic E-state index is 12.3. The van der Waals surface area contributed by atoms with Crippen molar-refractivity contribution >= 4 is 5.91 Å². The predicted octanol–water partition coefficient (Wildman–Crippen LogP) is 2.76. The van der Waals surface area contributed by atoms with E-state index >= 15 is 0 Å². The second kappa shape index (κ2) is 6.82. The van der Waals surface area contributed by atoms with Gasteiger partial charge in [0.2, 0.25) is 5.91 Å². The lowest BCUT2D eigenvalue weighted by Gasteiger charge is -2.16. The summed E-state index contributed by atoms with van der Waals surface area (Å²) in [6.45, 7) is 1.63. The first kappa shape index (κ1) is 17.0. The van der Waals surface area contributed by atoms with Gasteiger partial charge in [-0.25, -0.2) is 9.97 Å². The summed E-state index contributed by atoms with van der Waals surface area (Å²) in [7, 11) is 1.66. The Labute approximate surface area is 163 Å². The molecule has 2 aromatic heterocycles. The van der Waals surface area contributed by atoms with Crippen molar-refractivity contribution < 1.29 is 9.53 Å². The molecule has 0 bridgehead atoms. The Balaban J connectivity index is 1.39. The van der Waals surface area contributed by atoms with Gasteiger partial charge in [0.1, 0.15) is 5.75 Å². The third-order valence-corrected chi connectivity index (χ3v) is 5.59. The van der Waals surface area contributed by atoms with E-state index in [1.807, 2.05) is 41.2 Å². The van der Waals surface area contributed by atoms with Crippen molar-refractivity contribution in [1.29, 1.82) is 0 Å². The number of amides is 1. The van der Waals surface area contributed by atoms with Crippen LogP contribution >= 0.6 is 0 Å². The number of benzene rings is 1. The Bertz CT molecular complexity index is 986. The van der Waals surface area contributed by atoms with Gasteiger partial charge in [-0.2, -0.15) is 0 Å². The molecule has 144 valence electrons. The van der Waals surface area contributed by atoms with Gasteiger partial charge < -0.3 is 14.2 Å². The maximum absolute atomic E-state index is 12.3. The average Bonchev–Trinajstić information content (AvgIpc) is 3.10. The van der Waals surface area contributed by atoms with Crippen LogP contribution in [0.15, 0.2) is 49.1 Å². The van der Waals surface area contributed by atoms with Crippen molar-refractivity contribution in [1.82, 2.24) is 24.0 Å². The minimum Gasteiger partial charge on any atom is -0.497 e. The van der Waals surface area contributed by atoms with E-state index in [4.69, 9.17) is 4.74 Å². The summed E-state index contributed by atoms with van der Waals surface area (Å²) in [5.74, 6) is 3.05. The standard InChI is InChI=1S/C21H23N5O2/c1-28-18-6-4-16(5-7-18)25-11-9-23-21(25)20-22-8-10-24(20)13-15-12-19(27)26(14-15)17-2-3-17/h4-11,15,17H,2-3,12-14H2,1H3. The largest absolute Gasteiger partial charge is 0.497 e. The molecule has 7 heteroatoms. The fraction of sp³-hybridized carbons (Fsp3) is 0.381. The van der Waals surface area contributed by atoms with E-state index < -0.39 is 0 Å². The number of carbonyl (C=O) groups excluding carboxylic acids is 1. The third-order valence-electron chi connectivity index (χ3n) is 5.59. The van der Waals surface area contributed by atoms with Crippen molar-refractivity contribution in [3.63, 3.8) is 0 Å². The molecule has 2 fully saturated rings. The first-order chi connectivity index (χ1) is 13.7. The molecule has 1 aromatic carbocycles. The van der Waals surface area contributed by atoms with Gasteiger partial charge in [-0.3, -0.25) is 9.36 Å². The molecule has 1 saturated carbocycles. The molecule has 1 aliphatic heterocycles. The molecule has 5 rings (SSSR count). The lowest BCUT2D eigenvalue weighted by atomic mass is 10.1. The SMILES string of the molecule is COc1ccc(-n2ccnc2-c2nccn2CC2CC(=O)N(C3CC3)C2)cc1. The van der Waals surface area contributed by atoms with Crippen molar-refractivity contribution in [2.45, 2.75) is 31.8 Å². The average molecular weight is 377 g/mol. The molecular weight excluding hydrogens is 354 g/mol. The molecule has 1 aliphatic carbocycles. The molecular formula is C21H23N5O2. The molecule has 3 aromatic rings. The minimum atomic E-state index is 0.300. The maximum Gasteiger partial charge on any atom is 0.223 e. The molecule has 7 nitrogen and oxygen atoms in total. The van der Waals surface area contributed by atoms with E-state index in [0.29, 0.717) is 24.3 Å². The second-order valence-electron chi connectivity index (χ2n) is 7.57. The number of likely N-dealkylation sites (tertiary alicyclic amines) is 1. The van der Waals surface area contributed by atoms with Crippen LogP contribution in [0, 0.1) is 5.92 Å².